The average Bonchev–Trinajstić information content (AvgIpc) is 4.08. The van der Waals surface area contributed by atoms with Crippen molar-refractivity contribution in [1.82, 2.24) is 19.9 Å². The third-order valence-corrected chi connectivity index (χ3v) is 10.6. The molecule has 0 saturated heterocycles. The summed E-state index contributed by atoms with van der Waals surface area (Å²) < 4.78 is 214. The van der Waals surface area contributed by atoms with Crippen molar-refractivity contribution < 1.29 is 71.4 Å². The van der Waals surface area contributed by atoms with Crippen molar-refractivity contribution >= 4 is 63.0 Å². The Kier molecular flexibility index (Phi) is 10.1. The Bertz CT molecular complexity index is 3140. The number of nitrogens with zero attached hydrogens (tertiary/aromatic N) is 1. The van der Waals surface area contributed by atoms with Crippen LogP contribution in [0.3, 0.4) is 0 Å². The predicted molar refractivity (Wildman–Crippen MR) is 194 cm³/mol. The number of carboxylic acid groups (broad SMARTS) is 1. The number of halogens is 14. The predicted octanol–water partition coefficient (Wildman–Crippen LogP) is 12.2. The lowest BCUT2D eigenvalue weighted by Gasteiger charge is -2.12. The number of benzene rings is 3. The highest BCUT2D eigenvalue weighted by Crippen LogP contribution is 2.43. The van der Waals surface area contributed by atoms with Crippen molar-refractivity contribution in [3.8, 4) is 33.4 Å². The van der Waals surface area contributed by atoms with E-state index in [-0.39, 0.29) is 23.0 Å². The number of hydrogen-bond donors (Lipinski definition) is 4. The number of aromatic nitrogens is 4. The number of fused-ring (bicyclic) bond motifs is 9. The molecule has 0 radical (unpaired) electrons. The van der Waals surface area contributed by atoms with Gasteiger partial charge in [0, 0.05) is 50.0 Å². The van der Waals surface area contributed by atoms with Crippen LogP contribution in [-0.4, -0.2) is 36.8 Å². The van der Waals surface area contributed by atoms with E-state index in [1.165, 1.54) is 6.07 Å². The number of H-pyrrole nitrogens is 3. The van der Waals surface area contributed by atoms with Crippen LogP contribution in [0.4, 0.5) is 61.5 Å². The summed E-state index contributed by atoms with van der Waals surface area (Å²) in [4.78, 5) is 21.6. The van der Waals surface area contributed by atoms with Crippen molar-refractivity contribution in [2.75, 3.05) is 5.75 Å². The number of carboxylic acids is 1. The minimum Gasteiger partial charge on any atom is -0.481 e. The zero-order valence-corrected chi connectivity index (χ0v) is 30.4. The lowest BCUT2D eigenvalue weighted by molar-refractivity contribution is -0.136. The van der Waals surface area contributed by atoms with Gasteiger partial charge in [-0.25, -0.2) is 66.4 Å². The van der Waals surface area contributed by atoms with Crippen LogP contribution in [0.15, 0.2) is 41.3 Å². The molecule has 5 heterocycles. The molecule has 8 rings (SSSR count). The molecule has 0 spiro atoms. The maximum absolute atomic E-state index is 16.1. The summed E-state index contributed by atoms with van der Waals surface area (Å²) >= 11 is 0.145. The number of nitrogens with one attached hydrogen (secondary N) is 3. The number of carbonyl (C=O) groups is 1. The first-order valence-electron chi connectivity index (χ1n) is 17.0. The lowest BCUT2D eigenvalue weighted by Crippen LogP contribution is -2.05. The van der Waals surface area contributed by atoms with Gasteiger partial charge in [0.05, 0.1) is 44.9 Å². The zero-order chi connectivity index (χ0) is 43.9. The Hall–Kier alpha value is -6.77. The lowest BCUT2D eigenvalue weighted by atomic mass is 10.0. The second-order valence-electron chi connectivity index (χ2n) is 13.0. The van der Waals surface area contributed by atoms with E-state index in [1.807, 2.05) is 0 Å². The van der Waals surface area contributed by atoms with Crippen LogP contribution in [0, 0.1) is 81.4 Å². The minimum atomic E-state index is -2.59. The van der Waals surface area contributed by atoms with Gasteiger partial charge in [-0.3, -0.25) is 4.79 Å². The summed E-state index contributed by atoms with van der Waals surface area (Å²) in [5.41, 5.74) is -10.9. The van der Waals surface area contributed by atoms with Gasteiger partial charge in [0.1, 0.15) is 0 Å². The second kappa shape index (κ2) is 15.0. The van der Waals surface area contributed by atoms with Crippen molar-refractivity contribution in [3.05, 3.63) is 129 Å². The van der Waals surface area contributed by atoms with Crippen LogP contribution >= 0.6 is 11.8 Å². The summed E-state index contributed by atoms with van der Waals surface area (Å²) in [5, 5.41) is 8.92. The smallest absolute Gasteiger partial charge is 0.304 e. The van der Waals surface area contributed by atoms with Crippen LogP contribution < -0.4 is 0 Å². The van der Waals surface area contributed by atoms with Gasteiger partial charge in [0.25, 0.3) is 0 Å². The van der Waals surface area contributed by atoms with E-state index in [0.717, 1.165) is 42.5 Å². The molecule has 21 heteroatoms. The molecule has 4 N–H and O–H groups in total. The molecule has 0 saturated carbocycles. The molecule has 3 aromatic carbocycles. The highest BCUT2D eigenvalue weighted by atomic mass is 32.2. The van der Waals surface area contributed by atoms with Crippen molar-refractivity contribution in [1.29, 1.82) is 0 Å². The molecule has 6 nitrogen and oxygen atoms in total. The molecule has 7 aromatic rings. The summed E-state index contributed by atoms with van der Waals surface area (Å²) in [6, 6.07) is 5.84. The van der Waals surface area contributed by atoms with E-state index in [0.29, 0.717) is 0 Å². The van der Waals surface area contributed by atoms with E-state index < -0.39 is 171 Å². The molecular weight excluding hydrogens is 867 g/mol. The summed E-state index contributed by atoms with van der Waals surface area (Å²) in [7, 11) is 0. The van der Waals surface area contributed by atoms with Crippen LogP contribution in [-0.2, 0) is 4.79 Å². The Morgan fingerprint density at radius 1 is 0.426 bits per heavy atom. The van der Waals surface area contributed by atoms with Crippen LogP contribution in [0.5, 0.6) is 0 Å². The van der Waals surface area contributed by atoms with Gasteiger partial charge in [-0.05, 0) is 48.6 Å². The van der Waals surface area contributed by atoms with Gasteiger partial charge < -0.3 is 20.1 Å². The Morgan fingerprint density at radius 3 is 1.15 bits per heavy atom. The average molecular weight is 883 g/mol. The Morgan fingerprint density at radius 2 is 0.738 bits per heavy atom. The fourth-order valence-electron chi connectivity index (χ4n) is 6.79. The molecule has 0 fully saturated rings. The highest BCUT2D eigenvalue weighted by Gasteiger charge is 2.33. The van der Waals surface area contributed by atoms with E-state index >= 15 is 35.1 Å². The molecule has 0 amide bonds. The Labute approximate surface area is 333 Å². The van der Waals surface area contributed by atoms with E-state index in [4.69, 9.17) is 5.11 Å². The van der Waals surface area contributed by atoms with E-state index in [1.54, 1.807) is 0 Å². The third kappa shape index (κ3) is 6.44. The summed E-state index contributed by atoms with van der Waals surface area (Å²) in [6.07, 6.45) is 1.51. The van der Waals surface area contributed by atoms with Crippen molar-refractivity contribution in [2.24, 2.45) is 0 Å². The minimum absolute atomic E-state index is 0.0967. The second-order valence-corrected chi connectivity index (χ2v) is 14.1. The number of thioether (sulfide) groups is 1. The molecule has 0 unspecified atom stereocenters. The number of rotatable bonds is 7. The third-order valence-electron chi connectivity index (χ3n) is 9.53. The number of aliphatic carboxylic acids is 1. The molecular formula is C40H16F14N4O2S. The molecule has 0 atom stereocenters. The highest BCUT2D eigenvalue weighted by molar-refractivity contribution is 7.99. The maximum atomic E-state index is 16.1. The fraction of sp³-hybridized carbons (Fsp3) is 0.0500. The van der Waals surface area contributed by atoms with Crippen molar-refractivity contribution in [2.45, 2.75) is 11.3 Å². The molecule has 61 heavy (non-hydrogen) atoms. The standard InChI is InChI=1S/C40H16F14N4O2S/c41-26-23(27(42)33(48)36(51)32(26)47)20-13-3-1-11(55-13)12-2-4-14(56-12)21(25-30(45)38(53)40(39(54)31(25)46)61-10-9-19(59)60)16-6-8-18(58-16)22(17-7-5-15(20)57-17)24-28(43)34(49)37(52)35(50)29(24)44/h1-8,56-58H,9-10H2,(H,59,60). The first-order chi connectivity index (χ1) is 28.9. The molecule has 4 aromatic heterocycles. The van der Waals surface area contributed by atoms with Crippen molar-refractivity contribution in [3.63, 3.8) is 0 Å². The normalized spacial score (nSPS) is 12.0. The maximum Gasteiger partial charge on any atom is 0.304 e. The zero-order valence-electron chi connectivity index (χ0n) is 29.5. The summed E-state index contributed by atoms with van der Waals surface area (Å²) in [5.74, 6) is -34.3. The largest absolute Gasteiger partial charge is 0.481 e. The van der Waals surface area contributed by atoms with Gasteiger partial charge in [-0.2, -0.15) is 0 Å². The molecule has 1 aliphatic heterocycles. The first-order valence-corrected chi connectivity index (χ1v) is 18.0. The van der Waals surface area contributed by atoms with Gasteiger partial charge in [-0.15, -0.1) is 11.8 Å². The summed E-state index contributed by atoms with van der Waals surface area (Å²) in [6.45, 7) is 0. The van der Waals surface area contributed by atoms with Gasteiger partial charge in [-0.1, -0.05) is 0 Å². The number of aromatic amines is 3. The SMILES string of the molecule is O=C(O)CCSc1c(F)c(F)c(-c2c3ccc([nH]3)c3nc(c(-c4c(F)c(F)c(F)c(F)c4F)c4ccc([nH]4)c(-c4c(F)c(F)c(F)c(F)c4F)c4ccc2[nH]4)C=C3)c(F)c1F. The van der Waals surface area contributed by atoms with Crippen LogP contribution in [0.1, 0.15) is 17.8 Å². The van der Waals surface area contributed by atoms with Gasteiger partial charge in [0.15, 0.2) is 69.8 Å². The van der Waals surface area contributed by atoms with E-state index in [2.05, 4.69) is 19.9 Å². The quantitative estimate of drug-likeness (QED) is 0.0555. The topological polar surface area (TPSA) is 97.6 Å². The molecule has 1 aliphatic rings. The molecule has 0 aliphatic carbocycles. The molecule has 8 bridgehead atoms. The first kappa shape index (κ1) is 41.0. The fourth-order valence-corrected chi connectivity index (χ4v) is 7.71. The van der Waals surface area contributed by atoms with Gasteiger partial charge >= 0.3 is 5.97 Å². The van der Waals surface area contributed by atoms with Crippen LogP contribution in [0.2, 0.25) is 0 Å². The van der Waals surface area contributed by atoms with E-state index in [9.17, 15) is 31.1 Å². The number of hydrogen-bond acceptors (Lipinski definition) is 3. The van der Waals surface area contributed by atoms with Gasteiger partial charge in [0.2, 0.25) is 11.6 Å². The molecule has 312 valence electrons. The Balaban J connectivity index is 1.58. The van der Waals surface area contributed by atoms with Crippen LogP contribution in [0.25, 0.3) is 78.6 Å². The monoisotopic (exact) mass is 882 g/mol.